The highest BCUT2D eigenvalue weighted by molar-refractivity contribution is 9.09. The van der Waals surface area contributed by atoms with E-state index >= 15 is 0 Å². The van der Waals surface area contributed by atoms with Gasteiger partial charge >= 0.3 is 0 Å². The number of hydrogen-bond donors (Lipinski definition) is 0. The summed E-state index contributed by atoms with van der Waals surface area (Å²) in [5, 5.41) is 0. The van der Waals surface area contributed by atoms with Crippen LogP contribution in [-0.2, 0) is 0 Å². The van der Waals surface area contributed by atoms with Crippen LogP contribution < -0.4 is 4.90 Å². The van der Waals surface area contributed by atoms with Crippen molar-refractivity contribution < 1.29 is 4.42 Å². The second kappa shape index (κ2) is 3.61. The molecular weight excluding hydrogens is 244 g/mol. The number of aromatic nitrogens is 1. The first-order valence-corrected chi connectivity index (χ1v) is 5.47. The number of aryl methyl sites for hydroxylation is 1. The van der Waals surface area contributed by atoms with Crippen molar-refractivity contribution in [1.82, 2.24) is 4.98 Å². The van der Waals surface area contributed by atoms with Gasteiger partial charge in [0.2, 0.25) is 0 Å². The Bertz CT molecular complexity index is 452. The van der Waals surface area contributed by atoms with Crippen molar-refractivity contribution in [3.05, 3.63) is 24.1 Å². The lowest BCUT2D eigenvalue weighted by Crippen LogP contribution is -2.13. The lowest BCUT2D eigenvalue weighted by Gasteiger charge is -2.14. The first kappa shape index (κ1) is 9.52. The Morgan fingerprint density at radius 1 is 1.50 bits per heavy atom. The van der Waals surface area contributed by atoms with Crippen LogP contribution in [0.1, 0.15) is 5.89 Å². The van der Waals surface area contributed by atoms with Gasteiger partial charge in [-0.2, -0.15) is 0 Å². The first-order valence-electron chi connectivity index (χ1n) is 4.35. The van der Waals surface area contributed by atoms with E-state index in [4.69, 9.17) is 4.42 Å². The fraction of sp³-hybridized carbons (Fsp3) is 0.300. The number of fused-ring (bicyclic) bond motifs is 1. The summed E-state index contributed by atoms with van der Waals surface area (Å²) >= 11 is 3.40. The maximum Gasteiger partial charge on any atom is 0.192 e. The number of oxazole rings is 1. The molecule has 0 atom stereocenters. The number of halogens is 1. The SMILES string of the molecule is Cc1nc2ccc(N(C)CBr)cc2o1. The summed E-state index contributed by atoms with van der Waals surface area (Å²) in [5.41, 5.74) is 3.67. The van der Waals surface area contributed by atoms with Crippen LogP contribution in [0.15, 0.2) is 22.6 Å². The molecule has 0 aliphatic heterocycles. The van der Waals surface area contributed by atoms with Crippen molar-refractivity contribution >= 4 is 32.7 Å². The molecule has 2 rings (SSSR count). The molecule has 2 aromatic rings. The van der Waals surface area contributed by atoms with Gasteiger partial charge in [-0.1, -0.05) is 15.9 Å². The van der Waals surface area contributed by atoms with Gasteiger partial charge in [0, 0.05) is 25.7 Å². The zero-order valence-electron chi connectivity index (χ0n) is 8.12. The van der Waals surface area contributed by atoms with Gasteiger partial charge in [0.05, 0.1) is 5.45 Å². The normalized spacial score (nSPS) is 10.8. The van der Waals surface area contributed by atoms with Gasteiger partial charge < -0.3 is 9.32 Å². The quantitative estimate of drug-likeness (QED) is 0.610. The monoisotopic (exact) mass is 254 g/mol. The van der Waals surface area contributed by atoms with Gasteiger partial charge in [-0.15, -0.1) is 0 Å². The summed E-state index contributed by atoms with van der Waals surface area (Å²) in [5.74, 6) is 0.707. The Kier molecular flexibility index (Phi) is 2.46. The summed E-state index contributed by atoms with van der Waals surface area (Å²) < 4.78 is 5.45. The molecule has 0 fully saturated rings. The maximum atomic E-state index is 5.45. The molecule has 0 saturated heterocycles. The third kappa shape index (κ3) is 1.62. The van der Waals surface area contributed by atoms with Crippen molar-refractivity contribution in [1.29, 1.82) is 0 Å². The molecule has 3 nitrogen and oxygen atoms in total. The fourth-order valence-corrected chi connectivity index (χ4v) is 1.62. The van der Waals surface area contributed by atoms with Gasteiger partial charge in [-0.05, 0) is 12.1 Å². The summed E-state index contributed by atoms with van der Waals surface area (Å²) in [7, 11) is 2.01. The zero-order valence-corrected chi connectivity index (χ0v) is 9.71. The molecule has 4 heteroatoms. The molecule has 1 heterocycles. The molecule has 0 amide bonds. The Labute approximate surface area is 90.8 Å². The van der Waals surface area contributed by atoms with Gasteiger partial charge in [0.15, 0.2) is 11.5 Å². The van der Waals surface area contributed by atoms with E-state index in [1.807, 2.05) is 32.2 Å². The van der Waals surface area contributed by atoms with Crippen LogP contribution in [0.3, 0.4) is 0 Å². The predicted molar refractivity (Wildman–Crippen MR) is 60.9 cm³/mol. The van der Waals surface area contributed by atoms with E-state index in [2.05, 4.69) is 25.8 Å². The average Bonchev–Trinajstić information content (AvgIpc) is 2.55. The molecular formula is C10H11BrN2O. The molecule has 0 aliphatic rings. The van der Waals surface area contributed by atoms with E-state index in [-0.39, 0.29) is 0 Å². The predicted octanol–water partition coefficient (Wildman–Crippen LogP) is 2.92. The lowest BCUT2D eigenvalue weighted by molar-refractivity contribution is 0.561. The molecule has 0 N–H and O–H groups in total. The molecule has 1 aromatic carbocycles. The molecule has 14 heavy (non-hydrogen) atoms. The minimum atomic E-state index is 0.707. The Balaban J connectivity index is 2.50. The molecule has 0 bridgehead atoms. The number of rotatable bonds is 2. The minimum absolute atomic E-state index is 0.707. The fourth-order valence-electron chi connectivity index (χ4n) is 1.33. The second-order valence-corrected chi connectivity index (χ2v) is 3.70. The third-order valence-corrected chi connectivity index (χ3v) is 2.85. The van der Waals surface area contributed by atoms with Gasteiger partial charge in [0.25, 0.3) is 0 Å². The minimum Gasteiger partial charge on any atom is -0.441 e. The van der Waals surface area contributed by atoms with Crippen LogP contribution in [-0.4, -0.2) is 17.5 Å². The maximum absolute atomic E-state index is 5.45. The summed E-state index contributed by atoms with van der Waals surface area (Å²) in [6.07, 6.45) is 0. The Morgan fingerprint density at radius 3 is 3.00 bits per heavy atom. The Morgan fingerprint density at radius 2 is 2.29 bits per heavy atom. The van der Waals surface area contributed by atoms with Gasteiger partial charge in [-0.25, -0.2) is 4.98 Å². The molecule has 1 aromatic heterocycles. The number of benzene rings is 1. The standard InChI is InChI=1S/C10H11BrN2O/c1-7-12-9-4-3-8(13(2)6-11)5-10(9)14-7/h3-5H,6H2,1-2H3. The molecule has 0 aliphatic carbocycles. The summed E-state index contributed by atoms with van der Waals surface area (Å²) in [6.45, 7) is 1.86. The number of anilines is 1. The van der Waals surface area contributed by atoms with Crippen molar-refractivity contribution in [3.8, 4) is 0 Å². The molecule has 0 unspecified atom stereocenters. The molecule has 74 valence electrons. The van der Waals surface area contributed by atoms with Crippen LogP contribution in [0.4, 0.5) is 5.69 Å². The van der Waals surface area contributed by atoms with Crippen molar-refractivity contribution in [2.75, 3.05) is 17.4 Å². The van der Waals surface area contributed by atoms with E-state index in [0.29, 0.717) is 5.89 Å². The molecule has 0 radical (unpaired) electrons. The van der Waals surface area contributed by atoms with Crippen molar-refractivity contribution in [3.63, 3.8) is 0 Å². The lowest BCUT2D eigenvalue weighted by atomic mass is 10.3. The largest absolute Gasteiger partial charge is 0.441 e. The van der Waals surface area contributed by atoms with Crippen molar-refractivity contribution in [2.24, 2.45) is 0 Å². The highest BCUT2D eigenvalue weighted by atomic mass is 79.9. The topological polar surface area (TPSA) is 29.3 Å². The third-order valence-electron chi connectivity index (χ3n) is 2.10. The summed E-state index contributed by atoms with van der Waals surface area (Å²) in [4.78, 5) is 6.32. The first-order chi connectivity index (χ1) is 6.70. The van der Waals surface area contributed by atoms with E-state index in [0.717, 1.165) is 22.2 Å². The highest BCUT2D eigenvalue weighted by Gasteiger charge is 2.04. The van der Waals surface area contributed by atoms with Gasteiger partial charge in [-0.3, -0.25) is 0 Å². The Hall–Kier alpha value is -1.03. The van der Waals surface area contributed by atoms with Crippen LogP contribution in [0.5, 0.6) is 0 Å². The molecule has 0 spiro atoms. The van der Waals surface area contributed by atoms with Crippen molar-refractivity contribution in [2.45, 2.75) is 6.92 Å². The second-order valence-electron chi connectivity index (χ2n) is 3.20. The average molecular weight is 255 g/mol. The number of alkyl halides is 1. The number of hydrogen-bond acceptors (Lipinski definition) is 3. The summed E-state index contributed by atoms with van der Waals surface area (Å²) in [6, 6.07) is 6.00. The zero-order chi connectivity index (χ0) is 10.1. The van der Waals surface area contributed by atoms with Gasteiger partial charge in [0.1, 0.15) is 5.52 Å². The van der Waals surface area contributed by atoms with E-state index in [9.17, 15) is 0 Å². The highest BCUT2D eigenvalue weighted by Crippen LogP contribution is 2.22. The van der Waals surface area contributed by atoms with Crippen LogP contribution in [0, 0.1) is 6.92 Å². The van der Waals surface area contributed by atoms with E-state index < -0.39 is 0 Å². The molecule has 0 saturated carbocycles. The van der Waals surface area contributed by atoms with Crippen LogP contribution >= 0.6 is 15.9 Å². The number of nitrogens with zero attached hydrogens (tertiary/aromatic N) is 2. The van der Waals surface area contributed by atoms with E-state index in [1.165, 1.54) is 0 Å². The van der Waals surface area contributed by atoms with Crippen LogP contribution in [0.2, 0.25) is 0 Å². The van der Waals surface area contributed by atoms with E-state index in [1.54, 1.807) is 0 Å². The van der Waals surface area contributed by atoms with Crippen LogP contribution in [0.25, 0.3) is 11.1 Å². The smallest absolute Gasteiger partial charge is 0.192 e.